The highest BCUT2D eigenvalue weighted by Crippen LogP contribution is 2.33. The largest absolute Gasteiger partial charge is 0.481 e. The van der Waals surface area contributed by atoms with E-state index in [-0.39, 0.29) is 5.75 Å². The highest BCUT2D eigenvalue weighted by molar-refractivity contribution is 8.00. The zero-order chi connectivity index (χ0) is 16.9. The number of carboxylic acids is 1. The molecule has 1 rings (SSSR count). The van der Waals surface area contributed by atoms with Crippen LogP contribution in [0.1, 0.15) is 26.3 Å². The summed E-state index contributed by atoms with van der Waals surface area (Å²) in [5.74, 6) is -1.53. The number of carbonyl (C=O) groups is 2. The number of carboxylic acid groups (broad SMARTS) is 1. The van der Waals surface area contributed by atoms with Crippen LogP contribution in [0.25, 0.3) is 6.08 Å². The Morgan fingerprint density at radius 3 is 2.45 bits per heavy atom. The van der Waals surface area contributed by atoms with Crippen molar-refractivity contribution in [3.63, 3.8) is 0 Å². The SMILES string of the molecule is CC(C)(C)OC(=O)C=Cc1cc(Cl)c(SCC(=O)O)cc1Cl. The van der Waals surface area contributed by atoms with Gasteiger partial charge in [0.05, 0.1) is 10.8 Å². The fourth-order valence-electron chi connectivity index (χ4n) is 1.42. The Balaban J connectivity index is 2.87. The molecular formula is C15H16Cl2O4S. The number of aliphatic carboxylic acids is 1. The van der Waals surface area contributed by atoms with Gasteiger partial charge in [-0.2, -0.15) is 0 Å². The molecule has 0 unspecified atom stereocenters. The Morgan fingerprint density at radius 1 is 1.27 bits per heavy atom. The van der Waals surface area contributed by atoms with Crippen LogP contribution in [0.2, 0.25) is 10.0 Å². The minimum absolute atomic E-state index is 0.108. The van der Waals surface area contributed by atoms with Crippen LogP contribution < -0.4 is 0 Å². The minimum atomic E-state index is -0.939. The van der Waals surface area contributed by atoms with E-state index in [0.717, 1.165) is 11.8 Å². The Hall–Kier alpha value is -1.17. The summed E-state index contributed by atoms with van der Waals surface area (Å²) in [4.78, 5) is 22.8. The highest BCUT2D eigenvalue weighted by atomic mass is 35.5. The molecule has 120 valence electrons. The molecule has 0 aromatic heterocycles. The molecule has 0 aliphatic rings. The monoisotopic (exact) mass is 362 g/mol. The van der Waals surface area contributed by atoms with E-state index in [1.54, 1.807) is 32.9 Å². The summed E-state index contributed by atoms with van der Waals surface area (Å²) in [7, 11) is 0. The number of ether oxygens (including phenoxy) is 1. The third kappa shape index (κ3) is 6.73. The highest BCUT2D eigenvalue weighted by Gasteiger charge is 2.14. The van der Waals surface area contributed by atoms with Crippen LogP contribution in [-0.4, -0.2) is 28.4 Å². The van der Waals surface area contributed by atoms with Gasteiger partial charge in [0.15, 0.2) is 0 Å². The molecule has 0 bridgehead atoms. The molecule has 0 saturated heterocycles. The predicted molar refractivity (Wildman–Crippen MR) is 89.7 cm³/mol. The summed E-state index contributed by atoms with van der Waals surface area (Å²) in [5, 5.41) is 9.42. The molecule has 0 saturated carbocycles. The standard InChI is InChI=1S/C15H16Cl2O4S/c1-15(2,3)21-14(20)5-4-9-6-11(17)12(7-10(9)16)22-8-13(18)19/h4-7H,8H2,1-3H3,(H,18,19). The van der Waals surface area contributed by atoms with Gasteiger partial charge in [-0.05, 0) is 44.5 Å². The van der Waals surface area contributed by atoms with Crippen LogP contribution in [0.3, 0.4) is 0 Å². The first-order valence-electron chi connectivity index (χ1n) is 6.33. The molecule has 0 heterocycles. The Kier molecular flexibility index (Phi) is 6.78. The fourth-order valence-corrected chi connectivity index (χ4v) is 2.72. The molecule has 1 aromatic rings. The van der Waals surface area contributed by atoms with Gasteiger partial charge in [-0.25, -0.2) is 4.79 Å². The number of rotatable bonds is 5. The number of thioether (sulfide) groups is 1. The van der Waals surface area contributed by atoms with Crippen molar-refractivity contribution in [2.24, 2.45) is 0 Å². The molecule has 0 aliphatic carbocycles. The first-order chi connectivity index (χ1) is 10.1. The van der Waals surface area contributed by atoms with E-state index < -0.39 is 17.5 Å². The van der Waals surface area contributed by atoms with E-state index in [4.69, 9.17) is 33.0 Å². The van der Waals surface area contributed by atoms with Crippen molar-refractivity contribution < 1.29 is 19.4 Å². The van der Waals surface area contributed by atoms with Gasteiger partial charge in [-0.1, -0.05) is 23.2 Å². The van der Waals surface area contributed by atoms with Crippen LogP contribution in [0.5, 0.6) is 0 Å². The molecule has 0 fully saturated rings. The van der Waals surface area contributed by atoms with Gasteiger partial charge in [0.1, 0.15) is 5.60 Å². The zero-order valence-corrected chi connectivity index (χ0v) is 14.7. The van der Waals surface area contributed by atoms with Crippen LogP contribution in [0.4, 0.5) is 0 Å². The van der Waals surface area contributed by atoms with Gasteiger partial charge >= 0.3 is 11.9 Å². The van der Waals surface area contributed by atoms with Crippen molar-refractivity contribution in [2.45, 2.75) is 31.3 Å². The van der Waals surface area contributed by atoms with E-state index in [2.05, 4.69) is 0 Å². The maximum Gasteiger partial charge on any atom is 0.331 e. The first kappa shape index (κ1) is 18.9. The molecule has 0 aliphatic heterocycles. The summed E-state index contributed by atoms with van der Waals surface area (Å²) >= 11 is 13.3. The number of benzene rings is 1. The van der Waals surface area contributed by atoms with E-state index in [1.807, 2.05) is 0 Å². The first-order valence-corrected chi connectivity index (χ1v) is 8.07. The average Bonchev–Trinajstić information content (AvgIpc) is 2.35. The topological polar surface area (TPSA) is 63.6 Å². The average molecular weight is 363 g/mol. The molecule has 7 heteroatoms. The molecule has 0 spiro atoms. The maximum atomic E-state index is 11.6. The van der Waals surface area contributed by atoms with Crippen molar-refractivity contribution in [1.29, 1.82) is 0 Å². The predicted octanol–water partition coefficient (Wildman–Crippen LogP) is 4.53. The lowest BCUT2D eigenvalue weighted by atomic mass is 10.2. The van der Waals surface area contributed by atoms with Gasteiger partial charge < -0.3 is 9.84 Å². The fraction of sp³-hybridized carbons (Fsp3) is 0.333. The quantitative estimate of drug-likeness (QED) is 0.473. The van der Waals surface area contributed by atoms with Crippen LogP contribution in [0, 0.1) is 0 Å². The number of hydrogen-bond acceptors (Lipinski definition) is 4. The number of esters is 1. The van der Waals surface area contributed by atoms with Crippen LogP contribution in [0.15, 0.2) is 23.1 Å². The minimum Gasteiger partial charge on any atom is -0.481 e. The van der Waals surface area contributed by atoms with Gasteiger partial charge in [-0.15, -0.1) is 11.8 Å². The normalized spacial score (nSPS) is 11.7. The van der Waals surface area contributed by atoms with E-state index in [0.29, 0.717) is 20.5 Å². The number of halogens is 2. The molecular weight excluding hydrogens is 347 g/mol. The Bertz CT molecular complexity index is 606. The molecule has 0 radical (unpaired) electrons. The molecule has 0 amide bonds. The molecule has 4 nitrogen and oxygen atoms in total. The lowest BCUT2D eigenvalue weighted by Crippen LogP contribution is -2.22. The van der Waals surface area contributed by atoms with Crippen molar-refractivity contribution >= 4 is 53.0 Å². The second-order valence-electron chi connectivity index (χ2n) is 5.35. The Labute approximate surface area is 143 Å². The van der Waals surface area contributed by atoms with Crippen molar-refractivity contribution in [3.8, 4) is 0 Å². The van der Waals surface area contributed by atoms with E-state index >= 15 is 0 Å². The van der Waals surface area contributed by atoms with Crippen molar-refractivity contribution in [2.75, 3.05) is 5.75 Å². The summed E-state index contributed by atoms with van der Waals surface area (Å²) in [5.41, 5.74) is -0.0163. The van der Waals surface area contributed by atoms with Gasteiger partial charge in [-0.3, -0.25) is 4.79 Å². The van der Waals surface area contributed by atoms with Crippen LogP contribution in [-0.2, 0) is 14.3 Å². The summed E-state index contributed by atoms with van der Waals surface area (Å²) in [6.45, 7) is 5.32. The molecule has 0 atom stereocenters. The van der Waals surface area contributed by atoms with E-state index in [9.17, 15) is 9.59 Å². The Morgan fingerprint density at radius 2 is 1.91 bits per heavy atom. The summed E-state index contributed by atoms with van der Waals surface area (Å²) in [6, 6.07) is 3.15. The van der Waals surface area contributed by atoms with Gasteiger partial charge in [0.25, 0.3) is 0 Å². The number of carbonyl (C=O) groups excluding carboxylic acids is 1. The summed E-state index contributed by atoms with van der Waals surface area (Å²) in [6.07, 6.45) is 2.78. The smallest absolute Gasteiger partial charge is 0.331 e. The van der Waals surface area contributed by atoms with Gasteiger partial charge in [0.2, 0.25) is 0 Å². The molecule has 1 N–H and O–H groups in total. The van der Waals surface area contributed by atoms with Crippen molar-refractivity contribution in [1.82, 2.24) is 0 Å². The van der Waals surface area contributed by atoms with Gasteiger partial charge in [0, 0.05) is 16.0 Å². The second kappa shape index (κ2) is 7.90. The summed E-state index contributed by atoms with van der Waals surface area (Å²) < 4.78 is 5.15. The molecule has 1 aromatic carbocycles. The zero-order valence-electron chi connectivity index (χ0n) is 12.4. The van der Waals surface area contributed by atoms with Crippen molar-refractivity contribution in [3.05, 3.63) is 33.8 Å². The van der Waals surface area contributed by atoms with Crippen LogP contribution >= 0.6 is 35.0 Å². The third-order valence-electron chi connectivity index (χ3n) is 2.21. The second-order valence-corrected chi connectivity index (χ2v) is 7.18. The number of hydrogen-bond donors (Lipinski definition) is 1. The van der Waals surface area contributed by atoms with E-state index in [1.165, 1.54) is 12.2 Å². The maximum absolute atomic E-state index is 11.6. The lowest BCUT2D eigenvalue weighted by Gasteiger charge is -2.17. The third-order valence-corrected chi connectivity index (χ3v) is 4.00. The molecule has 22 heavy (non-hydrogen) atoms. The lowest BCUT2D eigenvalue weighted by molar-refractivity contribution is -0.148.